The van der Waals surface area contributed by atoms with E-state index in [4.69, 9.17) is 4.74 Å². The predicted octanol–water partition coefficient (Wildman–Crippen LogP) is 3.55. The number of quaternary nitrogens is 1. The minimum Gasteiger partial charge on any atom is -0.488 e. The molecular weight excluding hydrogens is 372 g/mol. The molecule has 2 aromatic rings. The topological polar surface area (TPSA) is 46.6 Å². The number of nitrogens with zero attached hydrogens (tertiary/aromatic N) is 2. The van der Waals surface area contributed by atoms with Crippen molar-refractivity contribution in [3.8, 4) is 5.75 Å². The summed E-state index contributed by atoms with van der Waals surface area (Å²) in [5.41, 5.74) is 1.18. The summed E-state index contributed by atoms with van der Waals surface area (Å²) in [4.78, 5) is 0.339. The molecule has 0 aromatic heterocycles. The van der Waals surface area contributed by atoms with Crippen molar-refractivity contribution in [3.63, 3.8) is 0 Å². The van der Waals surface area contributed by atoms with Crippen LogP contribution < -0.4 is 4.74 Å². The van der Waals surface area contributed by atoms with Crippen LogP contribution in [-0.4, -0.2) is 63.6 Å². The van der Waals surface area contributed by atoms with E-state index in [1.807, 2.05) is 37.3 Å². The third-order valence-corrected chi connectivity index (χ3v) is 7.38. The highest BCUT2D eigenvalue weighted by Crippen LogP contribution is 2.16. The highest BCUT2D eigenvalue weighted by atomic mass is 32.2. The van der Waals surface area contributed by atoms with E-state index in [2.05, 4.69) is 13.8 Å². The number of likely N-dealkylation sites (N-methyl/N-ethyl adjacent to an activating group) is 2. The van der Waals surface area contributed by atoms with Gasteiger partial charge in [0, 0.05) is 7.05 Å². The van der Waals surface area contributed by atoms with Crippen molar-refractivity contribution in [2.45, 2.75) is 25.7 Å². The normalized spacial score (nSPS) is 12.3. The fraction of sp³-hybridized carbons (Fsp3) is 0.455. The van der Waals surface area contributed by atoms with Crippen molar-refractivity contribution in [1.29, 1.82) is 0 Å². The monoisotopic (exact) mass is 405 g/mol. The van der Waals surface area contributed by atoms with Gasteiger partial charge in [-0.15, -0.1) is 0 Å². The summed E-state index contributed by atoms with van der Waals surface area (Å²) < 4.78 is 33.7. The van der Waals surface area contributed by atoms with Crippen LogP contribution in [0.25, 0.3) is 0 Å². The van der Waals surface area contributed by atoms with E-state index in [1.54, 1.807) is 31.3 Å². The lowest BCUT2D eigenvalue weighted by Gasteiger charge is -2.37. The molecule has 154 valence electrons. The van der Waals surface area contributed by atoms with Gasteiger partial charge >= 0.3 is 0 Å². The number of rotatable bonds is 11. The largest absolute Gasteiger partial charge is 0.488 e. The molecule has 0 fully saturated rings. The Morgan fingerprint density at radius 2 is 1.64 bits per heavy atom. The smallest absolute Gasteiger partial charge is 0.243 e. The predicted molar refractivity (Wildman–Crippen MR) is 114 cm³/mol. The molecule has 0 bridgehead atoms. The Bertz CT molecular complexity index is 834. The summed E-state index contributed by atoms with van der Waals surface area (Å²) in [7, 11) is -1.80. The van der Waals surface area contributed by atoms with Crippen molar-refractivity contribution < 1.29 is 17.6 Å². The molecule has 0 heterocycles. The van der Waals surface area contributed by atoms with Gasteiger partial charge in [0.25, 0.3) is 0 Å². The minimum absolute atomic E-state index is 0.339. The van der Waals surface area contributed by atoms with E-state index >= 15 is 0 Å². The molecule has 0 aliphatic rings. The van der Waals surface area contributed by atoms with Gasteiger partial charge in [0.2, 0.25) is 10.0 Å². The molecule has 2 rings (SSSR count). The number of benzene rings is 2. The van der Waals surface area contributed by atoms with E-state index in [9.17, 15) is 8.42 Å². The zero-order valence-corrected chi connectivity index (χ0v) is 18.3. The van der Waals surface area contributed by atoms with Gasteiger partial charge in [0.05, 0.1) is 31.1 Å². The van der Waals surface area contributed by atoms with Crippen LogP contribution in [-0.2, 0) is 10.0 Å². The van der Waals surface area contributed by atoms with Crippen LogP contribution in [0.3, 0.4) is 0 Å². The van der Waals surface area contributed by atoms with Gasteiger partial charge in [-0.2, -0.15) is 4.31 Å². The van der Waals surface area contributed by atoms with E-state index in [1.165, 1.54) is 9.87 Å². The lowest BCUT2D eigenvalue weighted by atomic mass is 10.2. The summed E-state index contributed by atoms with van der Waals surface area (Å²) in [6.45, 7) is 10.9. The molecule has 5 nitrogen and oxygen atoms in total. The van der Waals surface area contributed by atoms with Gasteiger partial charge in [-0.3, -0.25) is 0 Å². The first kappa shape index (κ1) is 22.4. The van der Waals surface area contributed by atoms with Crippen LogP contribution in [0.1, 0.15) is 19.4 Å². The van der Waals surface area contributed by atoms with Gasteiger partial charge < -0.3 is 9.22 Å². The highest BCUT2D eigenvalue weighted by molar-refractivity contribution is 7.89. The fourth-order valence-corrected chi connectivity index (χ4v) is 4.46. The molecule has 28 heavy (non-hydrogen) atoms. The van der Waals surface area contributed by atoms with Crippen LogP contribution in [0.4, 0.5) is 0 Å². The fourth-order valence-electron chi connectivity index (χ4n) is 3.28. The average Bonchev–Trinajstić information content (AvgIpc) is 2.71. The molecule has 6 heteroatoms. The first-order valence-corrected chi connectivity index (χ1v) is 11.3. The first-order chi connectivity index (χ1) is 13.3. The van der Waals surface area contributed by atoms with Gasteiger partial charge in [0.15, 0.2) is 0 Å². The summed E-state index contributed by atoms with van der Waals surface area (Å²) in [6, 6.07) is 16.7. The SMILES string of the molecule is CC[N+](CC)(CCOc1cccc(C)c1)CCN(C)S(=O)(=O)c1ccccc1. The molecule has 0 aliphatic heterocycles. The van der Waals surface area contributed by atoms with Gasteiger partial charge in [-0.05, 0) is 50.6 Å². The number of aryl methyl sites for hydroxylation is 1. The van der Waals surface area contributed by atoms with E-state index < -0.39 is 10.0 Å². The van der Waals surface area contributed by atoms with Crippen molar-refractivity contribution in [2.75, 3.05) is 46.4 Å². The van der Waals surface area contributed by atoms with E-state index in [0.29, 0.717) is 18.0 Å². The van der Waals surface area contributed by atoms with E-state index in [0.717, 1.165) is 36.4 Å². The number of ether oxygens (including phenoxy) is 1. The summed E-state index contributed by atoms with van der Waals surface area (Å²) in [5.74, 6) is 0.883. The first-order valence-electron chi connectivity index (χ1n) is 9.89. The molecule has 0 unspecified atom stereocenters. The Hall–Kier alpha value is -1.89. The molecule has 0 amide bonds. The second kappa shape index (κ2) is 10.0. The molecule has 2 aromatic carbocycles. The molecule has 0 N–H and O–H groups in total. The number of hydrogen-bond acceptors (Lipinski definition) is 3. The maximum Gasteiger partial charge on any atom is 0.243 e. The molecule has 0 saturated carbocycles. The zero-order chi connectivity index (χ0) is 20.6. The molecule has 0 radical (unpaired) electrons. The van der Waals surface area contributed by atoms with Crippen molar-refractivity contribution >= 4 is 10.0 Å². The Balaban J connectivity index is 1.97. The Labute approximate surface area is 170 Å². The van der Waals surface area contributed by atoms with Crippen LogP contribution in [0, 0.1) is 6.92 Å². The third-order valence-electron chi connectivity index (χ3n) is 5.51. The third kappa shape index (κ3) is 5.80. The molecule has 0 saturated heterocycles. The lowest BCUT2D eigenvalue weighted by molar-refractivity contribution is -0.924. The Kier molecular flexibility index (Phi) is 8.04. The summed E-state index contributed by atoms with van der Waals surface area (Å²) in [5, 5.41) is 0. The molecule has 0 spiro atoms. The maximum absolute atomic E-state index is 12.8. The standard InChI is InChI=1S/C22H33N2O3S/c1-5-24(6-2,17-18-27-21-12-10-11-20(3)19-21)16-15-23(4)28(25,26)22-13-8-7-9-14-22/h7-14,19H,5-6,15-18H2,1-4H3/q+1. The average molecular weight is 406 g/mol. The van der Waals surface area contributed by atoms with Crippen LogP contribution in [0.5, 0.6) is 5.75 Å². The highest BCUT2D eigenvalue weighted by Gasteiger charge is 2.27. The summed E-state index contributed by atoms with van der Waals surface area (Å²) >= 11 is 0. The molecule has 0 atom stereocenters. The van der Waals surface area contributed by atoms with Gasteiger partial charge in [-0.25, -0.2) is 8.42 Å². The van der Waals surface area contributed by atoms with Crippen molar-refractivity contribution in [3.05, 3.63) is 60.2 Å². The van der Waals surface area contributed by atoms with Gasteiger partial charge in [0.1, 0.15) is 18.9 Å². The van der Waals surface area contributed by atoms with Crippen LogP contribution >= 0.6 is 0 Å². The quantitative estimate of drug-likeness (QED) is 0.537. The van der Waals surface area contributed by atoms with Crippen molar-refractivity contribution in [2.24, 2.45) is 0 Å². The Morgan fingerprint density at radius 1 is 0.964 bits per heavy atom. The van der Waals surface area contributed by atoms with Crippen LogP contribution in [0.2, 0.25) is 0 Å². The minimum atomic E-state index is -3.45. The molecule has 0 aliphatic carbocycles. The number of hydrogen-bond donors (Lipinski definition) is 0. The number of sulfonamides is 1. The zero-order valence-electron chi connectivity index (χ0n) is 17.5. The second-order valence-corrected chi connectivity index (χ2v) is 9.27. The summed E-state index contributed by atoms with van der Waals surface area (Å²) in [6.07, 6.45) is 0. The van der Waals surface area contributed by atoms with Crippen LogP contribution in [0.15, 0.2) is 59.5 Å². The lowest BCUT2D eigenvalue weighted by Crippen LogP contribution is -2.53. The Morgan fingerprint density at radius 3 is 2.25 bits per heavy atom. The second-order valence-electron chi connectivity index (χ2n) is 7.23. The van der Waals surface area contributed by atoms with Crippen molar-refractivity contribution in [1.82, 2.24) is 4.31 Å². The van der Waals surface area contributed by atoms with E-state index in [-0.39, 0.29) is 0 Å². The van der Waals surface area contributed by atoms with Gasteiger partial charge in [-0.1, -0.05) is 30.3 Å². The molecular formula is C22H33N2O3S+. The maximum atomic E-state index is 12.8.